The van der Waals surface area contributed by atoms with Gasteiger partial charge in [0.15, 0.2) is 5.41 Å². The molecule has 1 atom stereocenters. The summed E-state index contributed by atoms with van der Waals surface area (Å²) in [6, 6.07) is 13.8. The predicted octanol–water partition coefficient (Wildman–Crippen LogP) is 3.95. The van der Waals surface area contributed by atoms with Crippen molar-refractivity contribution in [2.75, 3.05) is 13.2 Å². The fraction of sp³-hybridized carbons (Fsp3) is 0.211. The second-order valence-electron chi connectivity index (χ2n) is 5.87. The van der Waals surface area contributed by atoms with E-state index in [9.17, 15) is 14.9 Å². The minimum Gasteiger partial charge on any atom is -0.465 e. The fourth-order valence-corrected chi connectivity index (χ4v) is 3.36. The average molecular weight is 373 g/mol. The third-order valence-corrected chi connectivity index (χ3v) is 4.63. The molecule has 0 amide bonds. The van der Waals surface area contributed by atoms with E-state index in [0.29, 0.717) is 16.1 Å². The first-order chi connectivity index (χ1) is 12.5. The van der Waals surface area contributed by atoms with Crippen LogP contribution in [0, 0.1) is 10.1 Å². The van der Waals surface area contributed by atoms with E-state index in [-0.39, 0.29) is 6.61 Å². The molecule has 0 aliphatic carbocycles. The molecule has 0 aliphatic rings. The van der Waals surface area contributed by atoms with E-state index in [1.54, 1.807) is 37.4 Å². The zero-order valence-corrected chi connectivity index (χ0v) is 14.8. The van der Waals surface area contributed by atoms with Gasteiger partial charge in [-0.1, -0.05) is 41.9 Å². The summed E-state index contributed by atoms with van der Waals surface area (Å²) in [5.74, 6) is -0.663. The molecule has 0 spiro atoms. The van der Waals surface area contributed by atoms with Gasteiger partial charge in [-0.05, 0) is 30.7 Å². The number of ether oxygens (including phenoxy) is 1. The van der Waals surface area contributed by atoms with Crippen molar-refractivity contribution in [3.05, 3.63) is 81.0 Å². The number of halogens is 1. The van der Waals surface area contributed by atoms with E-state index in [4.69, 9.17) is 16.3 Å². The molecule has 134 valence electrons. The summed E-state index contributed by atoms with van der Waals surface area (Å²) in [5, 5.41) is 12.8. The zero-order chi connectivity index (χ0) is 18.7. The van der Waals surface area contributed by atoms with Gasteiger partial charge in [-0.2, -0.15) is 0 Å². The Labute approximate surface area is 154 Å². The highest BCUT2D eigenvalue weighted by Crippen LogP contribution is 2.39. The number of carbonyl (C=O) groups excluding carboxylic acids is 1. The van der Waals surface area contributed by atoms with E-state index in [1.807, 2.05) is 24.3 Å². The number of rotatable bonds is 6. The standard InChI is InChI=1S/C19H17ClN2O4/c1-2-26-18(23)19(12-22(24)25,13-7-9-14(20)10-8-13)16-11-21-17-6-4-3-5-15(16)17/h3-11,21H,2,12H2,1H3/t19-/m0/s1. The largest absolute Gasteiger partial charge is 0.465 e. The molecular weight excluding hydrogens is 356 g/mol. The molecule has 7 heteroatoms. The highest BCUT2D eigenvalue weighted by molar-refractivity contribution is 6.30. The number of fused-ring (bicyclic) bond motifs is 1. The number of aromatic amines is 1. The average Bonchev–Trinajstić information content (AvgIpc) is 3.05. The van der Waals surface area contributed by atoms with E-state index < -0.39 is 22.9 Å². The molecule has 0 aliphatic heterocycles. The van der Waals surface area contributed by atoms with Gasteiger partial charge in [0.05, 0.1) is 6.61 Å². The lowest BCUT2D eigenvalue weighted by atomic mass is 9.74. The molecule has 3 aromatic rings. The summed E-state index contributed by atoms with van der Waals surface area (Å²) in [6.45, 7) is 1.16. The molecule has 0 radical (unpaired) electrons. The SMILES string of the molecule is CCOC(=O)[C@@](C[N+](=O)[O-])(c1ccc(Cl)cc1)c1c[nH]c2ccccc12. The van der Waals surface area contributed by atoms with Gasteiger partial charge in [0.25, 0.3) is 0 Å². The molecule has 6 nitrogen and oxygen atoms in total. The number of para-hydroxylation sites is 1. The van der Waals surface area contributed by atoms with Crippen LogP contribution in [0.5, 0.6) is 0 Å². The fourth-order valence-electron chi connectivity index (χ4n) is 3.23. The summed E-state index contributed by atoms with van der Waals surface area (Å²) in [7, 11) is 0. The lowest BCUT2D eigenvalue weighted by Crippen LogP contribution is -2.44. The number of esters is 1. The molecule has 26 heavy (non-hydrogen) atoms. The number of benzene rings is 2. The van der Waals surface area contributed by atoms with Crippen LogP contribution in [0.15, 0.2) is 54.7 Å². The third kappa shape index (κ3) is 3.04. The van der Waals surface area contributed by atoms with Crippen molar-refractivity contribution in [1.82, 2.24) is 4.98 Å². The monoisotopic (exact) mass is 372 g/mol. The van der Waals surface area contributed by atoms with Crippen molar-refractivity contribution in [2.45, 2.75) is 12.3 Å². The van der Waals surface area contributed by atoms with Crippen molar-refractivity contribution in [1.29, 1.82) is 0 Å². The van der Waals surface area contributed by atoms with Crippen LogP contribution >= 0.6 is 11.6 Å². The predicted molar refractivity (Wildman–Crippen MR) is 99.0 cm³/mol. The molecule has 3 rings (SSSR count). The summed E-state index contributed by atoms with van der Waals surface area (Å²) < 4.78 is 5.28. The Balaban J connectivity index is 2.33. The van der Waals surface area contributed by atoms with Crippen LogP contribution in [-0.2, 0) is 14.9 Å². The Hall–Kier alpha value is -2.86. The van der Waals surface area contributed by atoms with Gasteiger partial charge in [-0.25, -0.2) is 0 Å². The Bertz CT molecular complexity index is 952. The Kier molecular flexibility index (Phi) is 4.95. The first kappa shape index (κ1) is 17.9. The smallest absolute Gasteiger partial charge is 0.327 e. The minimum atomic E-state index is -1.58. The number of hydrogen-bond acceptors (Lipinski definition) is 4. The molecule has 0 saturated heterocycles. The maximum atomic E-state index is 13.1. The number of nitrogens with one attached hydrogen (secondary N) is 1. The van der Waals surface area contributed by atoms with Crippen LogP contribution in [0.3, 0.4) is 0 Å². The summed E-state index contributed by atoms with van der Waals surface area (Å²) >= 11 is 5.97. The highest BCUT2D eigenvalue weighted by atomic mass is 35.5. The molecule has 1 N–H and O–H groups in total. The van der Waals surface area contributed by atoms with E-state index >= 15 is 0 Å². The van der Waals surface area contributed by atoms with Gasteiger partial charge in [0.1, 0.15) is 0 Å². The van der Waals surface area contributed by atoms with Crippen molar-refractivity contribution in [3.8, 4) is 0 Å². The van der Waals surface area contributed by atoms with Crippen LogP contribution in [0.1, 0.15) is 18.1 Å². The molecule has 0 bridgehead atoms. The summed E-state index contributed by atoms with van der Waals surface area (Å²) in [6.07, 6.45) is 1.64. The number of nitro groups is 1. The number of hydrogen-bond donors (Lipinski definition) is 1. The van der Waals surface area contributed by atoms with E-state index in [1.165, 1.54) is 0 Å². The van der Waals surface area contributed by atoms with Crippen LogP contribution in [0.25, 0.3) is 10.9 Å². The Morgan fingerprint density at radius 3 is 2.58 bits per heavy atom. The number of H-pyrrole nitrogens is 1. The van der Waals surface area contributed by atoms with Crippen LogP contribution in [0.4, 0.5) is 0 Å². The molecule has 0 fully saturated rings. The lowest BCUT2D eigenvalue weighted by Gasteiger charge is -2.28. The van der Waals surface area contributed by atoms with Crippen molar-refractivity contribution < 1.29 is 14.5 Å². The first-order valence-corrected chi connectivity index (χ1v) is 8.48. The van der Waals surface area contributed by atoms with Gasteiger partial charge in [-0.15, -0.1) is 0 Å². The Morgan fingerprint density at radius 2 is 1.92 bits per heavy atom. The van der Waals surface area contributed by atoms with Crippen molar-refractivity contribution in [3.63, 3.8) is 0 Å². The highest BCUT2D eigenvalue weighted by Gasteiger charge is 2.50. The molecule has 0 saturated carbocycles. The van der Waals surface area contributed by atoms with Gasteiger partial charge in [-0.3, -0.25) is 14.9 Å². The first-order valence-electron chi connectivity index (χ1n) is 8.10. The lowest BCUT2D eigenvalue weighted by molar-refractivity contribution is -0.486. The van der Waals surface area contributed by atoms with Gasteiger partial charge >= 0.3 is 5.97 Å². The maximum Gasteiger partial charge on any atom is 0.327 e. The van der Waals surface area contributed by atoms with Gasteiger partial charge in [0.2, 0.25) is 6.54 Å². The molecule has 1 heterocycles. The second kappa shape index (κ2) is 7.17. The van der Waals surface area contributed by atoms with Gasteiger partial charge < -0.3 is 9.72 Å². The van der Waals surface area contributed by atoms with Crippen molar-refractivity contribution >= 4 is 28.5 Å². The molecule has 2 aromatic carbocycles. The normalized spacial score (nSPS) is 13.3. The van der Waals surface area contributed by atoms with Crippen LogP contribution in [0.2, 0.25) is 5.02 Å². The molecule has 0 unspecified atom stereocenters. The topological polar surface area (TPSA) is 85.2 Å². The van der Waals surface area contributed by atoms with Crippen molar-refractivity contribution in [2.24, 2.45) is 0 Å². The Morgan fingerprint density at radius 1 is 1.23 bits per heavy atom. The van der Waals surface area contributed by atoms with E-state index in [0.717, 1.165) is 10.9 Å². The van der Waals surface area contributed by atoms with E-state index in [2.05, 4.69) is 4.98 Å². The quantitative estimate of drug-likeness (QED) is 0.403. The summed E-state index contributed by atoms with van der Waals surface area (Å²) in [5.41, 5.74) is 0.171. The number of aromatic nitrogens is 1. The molecule has 1 aromatic heterocycles. The number of carbonyl (C=O) groups is 1. The van der Waals surface area contributed by atoms with Crippen LogP contribution in [-0.4, -0.2) is 29.0 Å². The molecular formula is C19H17ClN2O4. The summed E-state index contributed by atoms with van der Waals surface area (Å²) in [4.78, 5) is 27.2. The number of nitrogens with zero attached hydrogens (tertiary/aromatic N) is 1. The zero-order valence-electron chi connectivity index (χ0n) is 14.1. The maximum absolute atomic E-state index is 13.1. The third-order valence-electron chi connectivity index (χ3n) is 4.38. The second-order valence-corrected chi connectivity index (χ2v) is 6.31. The van der Waals surface area contributed by atoms with Gasteiger partial charge in [0, 0.05) is 32.6 Å². The van der Waals surface area contributed by atoms with Crippen LogP contribution < -0.4 is 0 Å². The minimum absolute atomic E-state index is 0.119.